The average Bonchev–Trinajstić information content (AvgIpc) is 2.69. The Kier molecular flexibility index (Phi) is 6.29. The van der Waals surface area contributed by atoms with Crippen molar-refractivity contribution in [3.8, 4) is 0 Å². The topological polar surface area (TPSA) is 36.8 Å². The highest BCUT2D eigenvalue weighted by Gasteiger charge is 2.22. The summed E-state index contributed by atoms with van der Waals surface area (Å²) >= 11 is 0. The summed E-state index contributed by atoms with van der Waals surface area (Å²) in [6.07, 6.45) is 1.13. The molecule has 1 fully saturated rings. The number of piperazine rings is 1. The molecule has 1 amide bonds. The number of anilines is 2. The van der Waals surface area contributed by atoms with E-state index in [-0.39, 0.29) is 5.91 Å². The number of para-hydroxylation sites is 1. The Labute approximate surface area is 156 Å². The van der Waals surface area contributed by atoms with Crippen LogP contribution in [0.2, 0.25) is 0 Å². The van der Waals surface area contributed by atoms with Gasteiger partial charge in [0.15, 0.2) is 6.54 Å². The molecule has 0 spiro atoms. The predicted molar refractivity (Wildman–Crippen MR) is 108 cm³/mol. The Morgan fingerprint density at radius 2 is 1.73 bits per heavy atom. The lowest BCUT2D eigenvalue weighted by Crippen LogP contribution is -3.15. The second-order valence-corrected chi connectivity index (χ2v) is 7.23. The maximum absolute atomic E-state index is 12.4. The summed E-state index contributed by atoms with van der Waals surface area (Å²) in [6.45, 7) is 8.94. The molecule has 1 aliphatic heterocycles. The summed E-state index contributed by atoms with van der Waals surface area (Å²) in [5, 5.41) is 3.04. The number of quaternary nitrogens is 1. The van der Waals surface area contributed by atoms with Crippen LogP contribution >= 0.6 is 0 Å². The van der Waals surface area contributed by atoms with Crippen LogP contribution in [0.4, 0.5) is 11.4 Å². The molecule has 0 unspecified atom stereocenters. The van der Waals surface area contributed by atoms with E-state index in [1.807, 2.05) is 18.2 Å². The average molecular weight is 353 g/mol. The molecule has 3 rings (SSSR count). The molecule has 0 radical (unpaired) electrons. The standard InChI is InChI=1S/C22H29N3O/c1-3-18(2)19-9-11-20(12-10-19)23-22(26)17-24-13-15-25(16-14-24)21-7-5-4-6-8-21/h4-12,18H,3,13-17H2,1-2H3,(H,23,26)/p+1/t18-/m1/s1. The van der Waals surface area contributed by atoms with Gasteiger partial charge in [0, 0.05) is 11.4 Å². The molecule has 0 saturated carbocycles. The minimum absolute atomic E-state index is 0.101. The number of hydrogen-bond acceptors (Lipinski definition) is 2. The van der Waals surface area contributed by atoms with Gasteiger partial charge >= 0.3 is 0 Å². The van der Waals surface area contributed by atoms with Crippen LogP contribution in [-0.4, -0.2) is 38.6 Å². The Bertz CT molecular complexity index is 691. The van der Waals surface area contributed by atoms with Crippen LogP contribution in [0.5, 0.6) is 0 Å². The molecule has 0 aromatic heterocycles. The molecule has 26 heavy (non-hydrogen) atoms. The van der Waals surface area contributed by atoms with Crippen LogP contribution in [0.25, 0.3) is 0 Å². The SMILES string of the molecule is CC[C@@H](C)c1ccc(NC(=O)C[NH+]2CCN(c3ccccc3)CC2)cc1. The molecule has 1 heterocycles. The lowest BCUT2D eigenvalue weighted by molar-refractivity contribution is -0.892. The Morgan fingerprint density at radius 3 is 2.35 bits per heavy atom. The van der Waals surface area contributed by atoms with Crippen molar-refractivity contribution in [2.45, 2.75) is 26.2 Å². The van der Waals surface area contributed by atoms with Crippen molar-refractivity contribution in [3.63, 3.8) is 0 Å². The number of rotatable bonds is 6. The molecule has 0 aliphatic carbocycles. The highest BCUT2D eigenvalue weighted by molar-refractivity contribution is 5.91. The third-order valence-corrected chi connectivity index (χ3v) is 5.38. The molecule has 2 aromatic rings. The van der Waals surface area contributed by atoms with E-state index < -0.39 is 0 Å². The van der Waals surface area contributed by atoms with E-state index >= 15 is 0 Å². The van der Waals surface area contributed by atoms with Crippen LogP contribution < -0.4 is 15.1 Å². The summed E-state index contributed by atoms with van der Waals surface area (Å²) in [5.41, 5.74) is 3.50. The van der Waals surface area contributed by atoms with Gasteiger partial charge in [0.25, 0.3) is 5.91 Å². The Morgan fingerprint density at radius 1 is 1.08 bits per heavy atom. The number of nitrogens with one attached hydrogen (secondary N) is 2. The molecule has 1 aliphatic rings. The zero-order valence-corrected chi connectivity index (χ0v) is 15.9. The van der Waals surface area contributed by atoms with Crippen molar-refractivity contribution in [1.82, 2.24) is 0 Å². The van der Waals surface area contributed by atoms with Crippen molar-refractivity contribution in [1.29, 1.82) is 0 Å². The van der Waals surface area contributed by atoms with Crippen LogP contribution in [0.1, 0.15) is 31.7 Å². The third-order valence-electron chi connectivity index (χ3n) is 5.38. The van der Waals surface area contributed by atoms with E-state index in [1.165, 1.54) is 16.2 Å². The minimum atomic E-state index is 0.101. The zero-order valence-electron chi connectivity index (χ0n) is 15.9. The molecule has 138 valence electrons. The van der Waals surface area contributed by atoms with E-state index in [4.69, 9.17) is 0 Å². The minimum Gasteiger partial charge on any atom is -0.360 e. The van der Waals surface area contributed by atoms with E-state index in [2.05, 4.69) is 60.5 Å². The lowest BCUT2D eigenvalue weighted by Gasteiger charge is -2.33. The monoisotopic (exact) mass is 352 g/mol. The van der Waals surface area contributed by atoms with Gasteiger partial charge in [0.2, 0.25) is 0 Å². The molecule has 2 aromatic carbocycles. The summed E-state index contributed by atoms with van der Waals surface area (Å²) in [5.74, 6) is 0.662. The van der Waals surface area contributed by atoms with Gasteiger partial charge in [-0.25, -0.2) is 0 Å². The first kappa shape index (κ1) is 18.5. The van der Waals surface area contributed by atoms with E-state index in [0.29, 0.717) is 12.5 Å². The summed E-state index contributed by atoms with van der Waals surface area (Å²) < 4.78 is 0. The summed E-state index contributed by atoms with van der Waals surface area (Å²) in [6, 6.07) is 18.8. The normalized spacial score (nSPS) is 16.3. The van der Waals surface area contributed by atoms with Gasteiger partial charge in [-0.05, 0) is 42.2 Å². The molecular formula is C22H30N3O+. The van der Waals surface area contributed by atoms with E-state index in [1.54, 1.807) is 0 Å². The first-order valence-corrected chi connectivity index (χ1v) is 9.69. The number of amides is 1. The number of carbonyl (C=O) groups is 1. The molecule has 1 atom stereocenters. The van der Waals surface area contributed by atoms with Crippen LogP contribution in [0, 0.1) is 0 Å². The fourth-order valence-electron chi connectivity index (χ4n) is 3.46. The van der Waals surface area contributed by atoms with Gasteiger partial charge in [0.05, 0.1) is 26.2 Å². The Hall–Kier alpha value is -2.33. The molecule has 1 saturated heterocycles. The van der Waals surface area contributed by atoms with Crippen molar-refractivity contribution >= 4 is 17.3 Å². The van der Waals surface area contributed by atoms with Gasteiger partial charge in [-0.3, -0.25) is 4.79 Å². The van der Waals surface area contributed by atoms with Gasteiger partial charge < -0.3 is 15.1 Å². The number of benzene rings is 2. The van der Waals surface area contributed by atoms with Crippen LogP contribution in [0.3, 0.4) is 0 Å². The second kappa shape index (κ2) is 8.86. The maximum atomic E-state index is 12.4. The van der Waals surface area contributed by atoms with Gasteiger partial charge in [-0.15, -0.1) is 0 Å². The molecular weight excluding hydrogens is 322 g/mol. The van der Waals surface area contributed by atoms with Crippen LogP contribution in [0.15, 0.2) is 54.6 Å². The molecule has 2 N–H and O–H groups in total. The maximum Gasteiger partial charge on any atom is 0.279 e. The third kappa shape index (κ3) is 4.85. The van der Waals surface area contributed by atoms with Crippen molar-refractivity contribution in [2.75, 3.05) is 42.9 Å². The first-order chi connectivity index (χ1) is 12.7. The number of carbonyl (C=O) groups excluding carboxylic acids is 1. The van der Waals surface area contributed by atoms with Crippen molar-refractivity contribution < 1.29 is 9.69 Å². The quantitative estimate of drug-likeness (QED) is 0.838. The van der Waals surface area contributed by atoms with E-state index in [0.717, 1.165) is 38.3 Å². The highest BCUT2D eigenvalue weighted by atomic mass is 16.2. The Balaban J connectivity index is 1.46. The largest absolute Gasteiger partial charge is 0.360 e. The van der Waals surface area contributed by atoms with E-state index in [9.17, 15) is 4.79 Å². The number of hydrogen-bond donors (Lipinski definition) is 2. The lowest BCUT2D eigenvalue weighted by atomic mass is 9.99. The zero-order chi connectivity index (χ0) is 18.4. The fraction of sp³-hybridized carbons (Fsp3) is 0.409. The smallest absolute Gasteiger partial charge is 0.279 e. The van der Waals surface area contributed by atoms with Gasteiger partial charge in [-0.2, -0.15) is 0 Å². The van der Waals surface area contributed by atoms with Crippen molar-refractivity contribution in [2.24, 2.45) is 0 Å². The highest BCUT2D eigenvalue weighted by Crippen LogP contribution is 2.20. The predicted octanol–water partition coefficient (Wildman–Crippen LogP) is 2.54. The van der Waals surface area contributed by atoms with Crippen molar-refractivity contribution in [3.05, 3.63) is 60.2 Å². The van der Waals surface area contributed by atoms with Gasteiger partial charge in [0.1, 0.15) is 0 Å². The van der Waals surface area contributed by atoms with Gasteiger partial charge in [-0.1, -0.05) is 44.2 Å². The number of nitrogens with zero attached hydrogens (tertiary/aromatic N) is 1. The molecule has 4 nitrogen and oxygen atoms in total. The summed E-state index contributed by atoms with van der Waals surface area (Å²) in [7, 11) is 0. The second-order valence-electron chi connectivity index (χ2n) is 7.23. The fourth-order valence-corrected chi connectivity index (χ4v) is 3.46. The molecule has 4 heteroatoms. The molecule has 0 bridgehead atoms. The first-order valence-electron chi connectivity index (χ1n) is 9.69. The summed E-state index contributed by atoms with van der Waals surface area (Å²) in [4.78, 5) is 16.1. The van der Waals surface area contributed by atoms with Crippen LogP contribution in [-0.2, 0) is 4.79 Å².